The molecule has 0 radical (unpaired) electrons. The van der Waals surface area contributed by atoms with Gasteiger partial charge in [-0.25, -0.2) is 0 Å². The number of hydrogen-bond donors (Lipinski definition) is 0. The quantitative estimate of drug-likeness (QED) is 0.626. The van der Waals surface area contributed by atoms with Crippen LogP contribution >= 0.6 is 0 Å². The van der Waals surface area contributed by atoms with E-state index in [4.69, 9.17) is 0 Å². The Bertz CT molecular complexity index is 406. The van der Waals surface area contributed by atoms with Gasteiger partial charge in [0, 0.05) is 0 Å². The van der Waals surface area contributed by atoms with E-state index < -0.39 is 0 Å². The molecule has 0 unspecified atom stereocenters. The maximum atomic E-state index is 3.76. The minimum Gasteiger partial charge on any atom is -0.0990 e. The molecule has 0 saturated carbocycles. The Morgan fingerprint density at radius 2 is 2.07 bits per heavy atom. The Labute approximate surface area is 92.6 Å². The number of benzene rings is 1. The zero-order valence-electron chi connectivity index (χ0n) is 9.75. The van der Waals surface area contributed by atoms with Crippen LogP contribution in [0.25, 0.3) is 5.57 Å². The van der Waals surface area contributed by atoms with E-state index in [1.165, 1.54) is 22.3 Å². The first-order chi connectivity index (χ1) is 7.19. The SMILES string of the molecule is C=C/C=C(\C(C)=C/C)c1cccc(C)c1. The van der Waals surface area contributed by atoms with E-state index >= 15 is 0 Å². The van der Waals surface area contributed by atoms with E-state index in [2.05, 4.69) is 63.8 Å². The molecule has 0 saturated heterocycles. The second kappa shape index (κ2) is 5.35. The van der Waals surface area contributed by atoms with Crippen molar-refractivity contribution in [1.82, 2.24) is 0 Å². The lowest BCUT2D eigenvalue weighted by Gasteiger charge is -2.08. The minimum atomic E-state index is 1.25. The van der Waals surface area contributed by atoms with E-state index in [-0.39, 0.29) is 0 Å². The van der Waals surface area contributed by atoms with E-state index in [1.54, 1.807) is 0 Å². The van der Waals surface area contributed by atoms with Crippen molar-refractivity contribution in [3.63, 3.8) is 0 Å². The molecule has 1 aromatic rings. The normalized spacial score (nSPS) is 12.7. The van der Waals surface area contributed by atoms with Crippen molar-refractivity contribution in [2.45, 2.75) is 20.8 Å². The van der Waals surface area contributed by atoms with Gasteiger partial charge in [-0.05, 0) is 37.5 Å². The molecule has 0 aliphatic rings. The van der Waals surface area contributed by atoms with Crippen LogP contribution in [-0.4, -0.2) is 0 Å². The van der Waals surface area contributed by atoms with Crippen LogP contribution < -0.4 is 0 Å². The third-order valence-corrected chi connectivity index (χ3v) is 2.47. The van der Waals surface area contributed by atoms with Crippen molar-refractivity contribution in [2.24, 2.45) is 0 Å². The monoisotopic (exact) mass is 198 g/mol. The molecule has 0 heterocycles. The Kier molecular flexibility index (Phi) is 4.11. The fourth-order valence-corrected chi connectivity index (χ4v) is 1.54. The number of rotatable bonds is 3. The minimum absolute atomic E-state index is 1.25. The Morgan fingerprint density at radius 1 is 1.33 bits per heavy atom. The van der Waals surface area contributed by atoms with Crippen LogP contribution in [0.15, 0.2) is 54.6 Å². The molecule has 0 spiro atoms. The summed E-state index contributed by atoms with van der Waals surface area (Å²) >= 11 is 0. The van der Waals surface area contributed by atoms with Crippen LogP contribution in [0.4, 0.5) is 0 Å². The fourth-order valence-electron chi connectivity index (χ4n) is 1.54. The summed E-state index contributed by atoms with van der Waals surface area (Å²) < 4.78 is 0. The molecule has 0 aliphatic heterocycles. The third kappa shape index (κ3) is 2.95. The molecular formula is C15H18. The van der Waals surface area contributed by atoms with Gasteiger partial charge in [0.1, 0.15) is 0 Å². The zero-order valence-corrected chi connectivity index (χ0v) is 9.75. The van der Waals surface area contributed by atoms with Gasteiger partial charge in [0.2, 0.25) is 0 Å². The van der Waals surface area contributed by atoms with Crippen molar-refractivity contribution >= 4 is 5.57 Å². The molecule has 78 valence electrons. The van der Waals surface area contributed by atoms with Crippen molar-refractivity contribution in [3.8, 4) is 0 Å². The predicted octanol–water partition coefficient (Wildman–Crippen LogP) is 4.53. The Balaban J connectivity index is 3.22. The molecule has 0 N–H and O–H groups in total. The van der Waals surface area contributed by atoms with Gasteiger partial charge in [0.05, 0.1) is 0 Å². The van der Waals surface area contributed by atoms with Crippen molar-refractivity contribution in [2.75, 3.05) is 0 Å². The van der Waals surface area contributed by atoms with Gasteiger partial charge in [0.15, 0.2) is 0 Å². The molecule has 0 aromatic heterocycles. The average molecular weight is 198 g/mol. The van der Waals surface area contributed by atoms with Crippen LogP contribution in [-0.2, 0) is 0 Å². The highest BCUT2D eigenvalue weighted by Crippen LogP contribution is 2.23. The van der Waals surface area contributed by atoms with Crippen LogP contribution in [0.3, 0.4) is 0 Å². The zero-order chi connectivity index (χ0) is 11.3. The summed E-state index contributed by atoms with van der Waals surface area (Å²) in [5.41, 5.74) is 5.06. The number of hydrogen-bond acceptors (Lipinski definition) is 0. The molecule has 0 nitrogen and oxygen atoms in total. The van der Waals surface area contributed by atoms with Crippen LogP contribution in [0.1, 0.15) is 25.0 Å². The van der Waals surface area contributed by atoms with Crippen LogP contribution in [0.2, 0.25) is 0 Å². The summed E-state index contributed by atoms with van der Waals surface area (Å²) in [5.74, 6) is 0. The van der Waals surface area contributed by atoms with Gasteiger partial charge in [-0.1, -0.05) is 54.6 Å². The Morgan fingerprint density at radius 3 is 2.60 bits per heavy atom. The first-order valence-electron chi connectivity index (χ1n) is 5.22. The maximum absolute atomic E-state index is 3.76. The lowest BCUT2D eigenvalue weighted by Crippen LogP contribution is -1.87. The molecule has 0 bridgehead atoms. The van der Waals surface area contributed by atoms with Gasteiger partial charge in [-0.15, -0.1) is 0 Å². The molecule has 0 heteroatoms. The molecule has 0 atom stereocenters. The van der Waals surface area contributed by atoms with Gasteiger partial charge >= 0.3 is 0 Å². The number of allylic oxidation sites excluding steroid dienone is 5. The molecule has 1 rings (SSSR count). The predicted molar refractivity (Wildman–Crippen MR) is 68.8 cm³/mol. The Hall–Kier alpha value is -1.56. The van der Waals surface area contributed by atoms with E-state index in [9.17, 15) is 0 Å². The molecule has 0 fully saturated rings. The van der Waals surface area contributed by atoms with E-state index in [0.717, 1.165) is 0 Å². The average Bonchev–Trinajstić information content (AvgIpc) is 2.25. The highest BCUT2D eigenvalue weighted by Gasteiger charge is 2.01. The van der Waals surface area contributed by atoms with E-state index in [0.29, 0.717) is 0 Å². The van der Waals surface area contributed by atoms with E-state index in [1.807, 2.05) is 6.08 Å². The lowest BCUT2D eigenvalue weighted by molar-refractivity contribution is 1.41. The topological polar surface area (TPSA) is 0 Å². The van der Waals surface area contributed by atoms with Crippen molar-refractivity contribution in [1.29, 1.82) is 0 Å². The standard InChI is InChI=1S/C15H18/c1-5-8-15(13(4)6-2)14-10-7-9-12(3)11-14/h5-11H,1H2,2-4H3/b13-6-,15-8+. The van der Waals surface area contributed by atoms with Gasteiger partial charge < -0.3 is 0 Å². The summed E-state index contributed by atoms with van der Waals surface area (Å²) in [7, 11) is 0. The highest BCUT2D eigenvalue weighted by atomic mass is 14.1. The summed E-state index contributed by atoms with van der Waals surface area (Å²) in [6, 6.07) is 8.53. The van der Waals surface area contributed by atoms with Crippen molar-refractivity contribution < 1.29 is 0 Å². The molecule has 15 heavy (non-hydrogen) atoms. The van der Waals surface area contributed by atoms with Crippen LogP contribution in [0, 0.1) is 6.92 Å². The summed E-state index contributed by atoms with van der Waals surface area (Å²) in [6.07, 6.45) is 6.02. The summed E-state index contributed by atoms with van der Waals surface area (Å²) in [6.45, 7) is 10.1. The summed E-state index contributed by atoms with van der Waals surface area (Å²) in [4.78, 5) is 0. The van der Waals surface area contributed by atoms with Crippen molar-refractivity contribution in [3.05, 3.63) is 65.8 Å². The smallest absolute Gasteiger partial charge is 0.0158 e. The van der Waals surface area contributed by atoms with Gasteiger partial charge in [0.25, 0.3) is 0 Å². The largest absolute Gasteiger partial charge is 0.0990 e. The van der Waals surface area contributed by atoms with Gasteiger partial charge in [-0.3, -0.25) is 0 Å². The second-order valence-corrected chi connectivity index (χ2v) is 3.66. The fraction of sp³-hybridized carbons (Fsp3) is 0.200. The maximum Gasteiger partial charge on any atom is -0.0158 e. The molecule has 1 aromatic carbocycles. The first kappa shape index (κ1) is 11.5. The highest BCUT2D eigenvalue weighted by molar-refractivity contribution is 5.79. The molecular weight excluding hydrogens is 180 g/mol. The first-order valence-corrected chi connectivity index (χ1v) is 5.22. The van der Waals surface area contributed by atoms with Gasteiger partial charge in [-0.2, -0.15) is 0 Å². The molecule has 0 amide bonds. The molecule has 0 aliphatic carbocycles. The number of aryl methyl sites for hydroxylation is 1. The summed E-state index contributed by atoms with van der Waals surface area (Å²) in [5, 5.41) is 0. The van der Waals surface area contributed by atoms with Crippen LogP contribution in [0.5, 0.6) is 0 Å². The lowest BCUT2D eigenvalue weighted by atomic mass is 9.97. The third-order valence-electron chi connectivity index (χ3n) is 2.47. The second-order valence-electron chi connectivity index (χ2n) is 3.66.